The van der Waals surface area contributed by atoms with Gasteiger partial charge in [-0.25, -0.2) is 4.90 Å². The molecule has 126 valence electrons. The van der Waals surface area contributed by atoms with E-state index in [-0.39, 0.29) is 5.91 Å². The lowest BCUT2D eigenvalue weighted by Gasteiger charge is -2.15. The molecule has 0 radical (unpaired) electrons. The number of benzene rings is 2. The van der Waals surface area contributed by atoms with Crippen LogP contribution < -0.4 is 9.64 Å². The standard InChI is InChI=1S/C18H13BrN2O4/c1-24-13-8-6-12(7-9-13)21-17(22)14-15(20-25-16(14)18(21)23)10-2-4-11(19)5-3-10/h2-9,14,16H,1H3/t14-,16+/m0/s1. The van der Waals surface area contributed by atoms with Gasteiger partial charge in [-0.2, -0.15) is 0 Å². The van der Waals surface area contributed by atoms with Crippen LogP contribution in [0.2, 0.25) is 0 Å². The van der Waals surface area contributed by atoms with Crippen molar-refractivity contribution in [1.82, 2.24) is 0 Å². The highest BCUT2D eigenvalue weighted by molar-refractivity contribution is 9.10. The number of carbonyl (C=O) groups is 2. The van der Waals surface area contributed by atoms with Gasteiger partial charge in [-0.1, -0.05) is 33.2 Å². The van der Waals surface area contributed by atoms with Crippen molar-refractivity contribution in [2.24, 2.45) is 11.1 Å². The molecule has 2 aliphatic rings. The van der Waals surface area contributed by atoms with Gasteiger partial charge in [-0.05, 0) is 36.4 Å². The fraction of sp³-hybridized carbons (Fsp3) is 0.167. The van der Waals surface area contributed by atoms with Crippen molar-refractivity contribution in [3.8, 4) is 5.75 Å². The maximum absolute atomic E-state index is 12.9. The summed E-state index contributed by atoms with van der Waals surface area (Å²) in [6, 6.07) is 14.1. The van der Waals surface area contributed by atoms with Gasteiger partial charge in [0.25, 0.3) is 5.91 Å². The average molecular weight is 401 g/mol. The van der Waals surface area contributed by atoms with E-state index in [4.69, 9.17) is 9.57 Å². The first-order valence-electron chi connectivity index (χ1n) is 7.61. The van der Waals surface area contributed by atoms with Crippen molar-refractivity contribution in [2.45, 2.75) is 6.10 Å². The highest BCUT2D eigenvalue weighted by Gasteiger charge is 2.56. The van der Waals surface area contributed by atoms with Crippen LogP contribution in [0.15, 0.2) is 58.2 Å². The van der Waals surface area contributed by atoms with Gasteiger partial charge in [0.15, 0.2) is 0 Å². The quantitative estimate of drug-likeness (QED) is 0.742. The topological polar surface area (TPSA) is 68.2 Å². The number of carbonyl (C=O) groups excluding carboxylic acids is 2. The molecule has 2 aromatic rings. The van der Waals surface area contributed by atoms with E-state index in [1.807, 2.05) is 24.3 Å². The number of rotatable bonds is 3. The van der Waals surface area contributed by atoms with Crippen LogP contribution in [0, 0.1) is 5.92 Å². The molecular weight excluding hydrogens is 388 g/mol. The Morgan fingerprint density at radius 1 is 1.04 bits per heavy atom. The lowest BCUT2D eigenvalue weighted by Crippen LogP contribution is -2.33. The minimum absolute atomic E-state index is 0.334. The summed E-state index contributed by atoms with van der Waals surface area (Å²) >= 11 is 3.37. The first-order valence-corrected chi connectivity index (χ1v) is 8.41. The number of hydrogen-bond acceptors (Lipinski definition) is 5. The van der Waals surface area contributed by atoms with Gasteiger partial charge in [-0.15, -0.1) is 0 Å². The molecule has 0 aromatic heterocycles. The number of imide groups is 1. The van der Waals surface area contributed by atoms with Gasteiger partial charge < -0.3 is 9.57 Å². The Morgan fingerprint density at radius 2 is 1.72 bits per heavy atom. The van der Waals surface area contributed by atoms with Crippen LogP contribution >= 0.6 is 15.9 Å². The van der Waals surface area contributed by atoms with Crippen LogP contribution in [0.25, 0.3) is 0 Å². The molecule has 1 fully saturated rings. The maximum Gasteiger partial charge on any atom is 0.278 e. The zero-order valence-electron chi connectivity index (χ0n) is 13.2. The van der Waals surface area contributed by atoms with Gasteiger partial charge in [0, 0.05) is 10.0 Å². The van der Waals surface area contributed by atoms with E-state index in [9.17, 15) is 9.59 Å². The molecule has 0 saturated carbocycles. The Morgan fingerprint density at radius 3 is 2.36 bits per heavy atom. The Bertz CT molecular complexity index is 877. The van der Waals surface area contributed by atoms with Crippen LogP contribution in [-0.4, -0.2) is 30.7 Å². The highest BCUT2D eigenvalue weighted by Crippen LogP contribution is 2.35. The van der Waals surface area contributed by atoms with Crippen LogP contribution in [0.3, 0.4) is 0 Å². The number of oxime groups is 1. The third-order valence-electron chi connectivity index (χ3n) is 4.28. The molecule has 2 aliphatic heterocycles. The summed E-state index contributed by atoms with van der Waals surface area (Å²) in [5, 5.41) is 3.99. The second-order valence-electron chi connectivity index (χ2n) is 5.70. The van der Waals surface area contributed by atoms with Crippen LogP contribution in [0.4, 0.5) is 5.69 Å². The number of halogens is 1. The number of ether oxygens (including phenoxy) is 1. The number of nitrogens with zero attached hydrogens (tertiary/aromatic N) is 2. The van der Waals surface area contributed by atoms with E-state index < -0.39 is 17.9 Å². The van der Waals surface area contributed by atoms with Crippen molar-refractivity contribution in [1.29, 1.82) is 0 Å². The third-order valence-corrected chi connectivity index (χ3v) is 4.81. The molecule has 4 rings (SSSR count). The van der Waals surface area contributed by atoms with Crippen LogP contribution in [0.1, 0.15) is 5.56 Å². The Labute approximate surface area is 152 Å². The minimum Gasteiger partial charge on any atom is -0.497 e. The maximum atomic E-state index is 12.9. The normalized spacial score (nSPS) is 21.8. The largest absolute Gasteiger partial charge is 0.497 e. The highest BCUT2D eigenvalue weighted by atomic mass is 79.9. The predicted molar refractivity (Wildman–Crippen MR) is 94.5 cm³/mol. The zero-order chi connectivity index (χ0) is 17.6. The van der Waals surface area contributed by atoms with E-state index in [2.05, 4.69) is 21.1 Å². The third kappa shape index (κ3) is 2.51. The Kier molecular flexibility index (Phi) is 3.80. The summed E-state index contributed by atoms with van der Waals surface area (Å²) in [7, 11) is 1.56. The molecule has 0 bridgehead atoms. The molecule has 0 N–H and O–H groups in total. The lowest BCUT2D eigenvalue weighted by atomic mass is 9.94. The van der Waals surface area contributed by atoms with Gasteiger partial charge in [0.05, 0.1) is 12.8 Å². The first kappa shape index (κ1) is 15.8. The Hall–Kier alpha value is -2.67. The van der Waals surface area contributed by atoms with Crippen molar-refractivity contribution in [3.05, 3.63) is 58.6 Å². The van der Waals surface area contributed by atoms with Crippen molar-refractivity contribution in [2.75, 3.05) is 12.0 Å². The van der Waals surface area contributed by atoms with E-state index in [1.54, 1.807) is 31.4 Å². The zero-order valence-corrected chi connectivity index (χ0v) is 14.8. The molecule has 2 aromatic carbocycles. The molecular formula is C18H13BrN2O4. The number of methoxy groups -OCH3 is 1. The van der Waals surface area contributed by atoms with Gasteiger partial charge in [-0.3, -0.25) is 9.59 Å². The van der Waals surface area contributed by atoms with E-state index >= 15 is 0 Å². The van der Waals surface area contributed by atoms with Gasteiger partial charge in [0.2, 0.25) is 12.0 Å². The van der Waals surface area contributed by atoms with Crippen LogP contribution in [0.5, 0.6) is 5.75 Å². The van der Waals surface area contributed by atoms with E-state index in [1.165, 1.54) is 0 Å². The van der Waals surface area contributed by atoms with E-state index in [0.717, 1.165) is 14.9 Å². The summed E-state index contributed by atoms with van der Waals surface area (Å²) in [5.41, 5.74) is 1.73. The van der Waals surface area contributed by atoms with Crippen molar-refractivity contribution < 1.29 is 19.2 Å². The lowest BCUT2D eigenvalue weighted by molar-refractivity contribution is -0.126. The molecule has 0 aliphatic carbocycles. The molecule has 25 heavy (non-hydrogen) atoms. The average Bonchev–Trinajstić information content (AvgIpc) is 3.17. The summed E-state index contributed by atoms with van der Waals surface area (Å²) in [6.07, 6.45) is -0.909. The second-order valence-corrected chi connectivity index (χ2v) is 6.61. The van der Waals surface area contributed by atoms with Gasteiger partial charge >= 0.3 is 0 Å². The monoisotopic (exact) mass is 400 g/mol. The summed E-state index contributed by atoms with van der Waals surface area (Å²) < 4.78 is 6.03. The van der Waals surface area contributed by atoms with E-state index in [0.29, 0.717) is 17.1 Å². The fourth-order valence-electron chi connectivity index (χ4n) is 3.02. The summed E-state index contributed by atoms with van der Waals surface area (Å²) in [6.45, 7) is 0. The molecule has 0 spiro atoms. The second kappa shape index (κ2) is 6.00. The SMILES string of the molecule is COc1ccc(N2C(=O)[C@H]3C(c4ccc(Br)cc4)=NO[C@H]3C2=O)cc1. The van der Waals surface area contributed by atoms with Crippen LogP contribution in [-0.2, 0) is 14.4 Å². The summed E-state index contributed by atoms with van der Waals surface area (Å²) in [5.74, 6) is -0.817. The smallest absolute Gasteiger partial charge is 0.278 e. The van der Waals surface area contributed by atoms with Crippen molar-refractivity contribution in [3.63, 3.8) is 0 Å². The molecule has 0 unspecified atom stereocenters. The molecule has 2 heterocycles. The number of fused-ring (bicyclic) bond motifs is 1. The number of anilines is 1. The number of hydrogen-bond donors (Lipinski definition) is 0. The molecule has 2 atom stereocenters. The van der Waals surface area contributed by atoms with Crippen molar-refractivity contribution >= 4 is 39.1 Å². The fourth-order valence-corrected chi connectivity index (χ4v) is 3.29. The Balaban J connectivity index is 1.67. The molecule has 1 saturated heterocycles. The minimum atomic E-state index is -0.909. The predicted octanol–water partition coefficient (Wildman–Crippen LogP) is 2.75. The molecule has 7 heteroatoms. The first-order chi connectivity index (χ1) is 12.1. The molecule has 2 amide bonds. The number of amides is 2. The summed E-state index contributed by atoms with van der Waals surface area (Å²) in [4.78, 5) is 32.0. The molecule has 6 nitrogen and oxygen atoms in total. The van der Waals surface area contributed by atoms with Gasteiger partial charge in [0.1, 0.15) is 17.4 Å².